The summed E-state index contributed by atoms with van der Waals surface area (Å²) in [5.74, 6) is 2.18. The Morgan fingerprint density at radius 2 is 0.964 bits per heavy atom. The fraction of sp³-hybridized carbons (Fsp3) is 0.458. The van der Waals surface area contributed by atoms with Gasteiger partial charge in [0.2, 0.25) is 0 Å². The Hall–Kier alpha value is -4.66. The van der Waals surface area contributed by atoms with Crippen LogP contribution in [0, 0.1) is 0 Å². The van der Waals surface area contributed by atoms with Gasteiger partial charge in [0.15, 0.2) is 0 Å². The van der Waals surface area contributed by atoms with Crippen LogP contribution in [0.25, 0.3) is 33.4 Å². The van der Waals surface area contributed by atoms with E-state index in [0.29, 0.717) is 0 Å². The summed E-state index contributed by atoms with van der Waals surface area (Å²) in [5.41, 5.74) is 9.47. The second-order valence-electron chi connectivity index (χ2n) is 17.7. The van der Waals surface area contributed by atoms with E-state index in [1.165, 1.54) is 113 Å². The van der Waals surface area contributed by atoms with Crippen LogP contribution in [0.5, 0.6) is 11.5 Å². The molecule has 0 radical (unpaired) electrons. The zero-order valence-corrected chi connectivity index (χ0v) is 32.6. The van der Waals surface area contributed by atoms with Crippen LogP contribution in [-0.4, -0.2) is 78.4 Å². The molecule has 8 nitrogen and oxygen atoms in total. The Morgan fingerprint density at radius 3 is 1.41 bits per heavy atom. The highest BCUT2D eigenvalue weighted by molar-refractivity contribution is 5.78. The molecule has 288 valence electrons. The van der Waals surface area contributed by atoms with Crippen LogP contribution >= 0.6 is 0 Å². The van der Waals surface area contributed by atoms with Crippen molar-refractivity contribution in [2.45, 2.75) is 113 Å². The molecule has 6 heterocycles. The van der Waals surface area contributed by atoms with Gasteiger partial charge in [-0.1, -0.05) is 37.1 Å². The number of fused-ring (bicyclic) bond motifs is 4. The zero-order valence-electron chi connectivity index (χ0n) is 32.6. The van der Waals surface area contributed by atoms with Gasteiger partial charge in [-0.25, -0.2) is 9.97 Å². The molecule has 8 heteroatoms. The molecule has 56 heavy (non-hydrogen) atoms. The molecule has 2 aliphatic carbocycles. The first-order valence-electron chi connectivity index (χ1n) is 21.6. The van der Waals surface area contributed by atoms with E-state index >= 15 is 0 Å². The van der Waals surface area contributed by atoms with E-state index in [2.05, 4.69) is 102 Å². The second kappa shape index (κ2) is 14.1. The maximum Gasteiger partial charge on any atom is 0.123 e. The SMILES string of the molecule is c1ccc2c(c1)ncn2-c1ccc2c(c1)C[C@@]1(CCCN(C3CCC3)CC1)O2.c1ccc2c(c1)ncn2-c1ccc2c(c1)C[C@]1(CCCN(C3CCC3)CC1)O2. The Labute approximate surface area is 330 Å². The normalized spacial score (nSPS) is 25.4. The molecular formula is C48H54N6O2. The molecular weight excluding hydrogens is 693 g/mol. The topological polar surface area (TPSA) is 60.6 Å². The van der Waals surface area contributed by atoms with Gasteiger partial charge in [0.05, 0.1) is 22.1 Å². The molecule has 0 unspecified atom stereocenters. The summed E-state index contributed by atoms with van der Waals surface area (Å²) in [6, 6.07) is 31.6. The molecule has 4 fully saturated rings. The molecule has 0 amide bonds. The second-order valence-corrected chi connectivity index (χ2v) is 17.7. The van der Waals surface area contributed by atoms with Crippen LogP contribution in [-0.2, 0) is 12.8 Å². The van der Waals surface area contributed by atoms with E-state index in [1.54, 1.807) is 0 Å². The molecule has 0 N–H and O–H groups in total. The van der Waals surface area contributed by atoms with Gasteiger partial charge < -0.3 is 19.3 Å². The lowest BCUT2D eigenvalue weighted by atomic mass is 9.89. The van der Waals surface area contributed by atoms with Crippen LogP contribution in [0.15, 0.2) is 97.6 Å². The minimum atomic E-state index is 0.0104. The third-order valence-electron chi connectivity index (χ3n) is 14.3. The molecule has 6 aromatic rings. The number of ether oxygens (including phenoxy) is 2. The lowest BCUT2D eigenvalue weighted by molar-refractivity contribution is 0.0691. The van der Waals surface area contributed by atoms with Crippen LogP contribution in [0.2, 0.25) is 0 Å². The van der Waals surface area contributed by atoms with E-state index in [-0.39, 0.29) is 11.2 Å². The van der Waals surface area contributed by atoms with Gasteiger partial charge in [0.1, 0.15) is 35.4 Å². The number of aromatic nitrogens is 4. The van der Waals surface area contributed by atoms with E-state index in [9.17, 15) is 0 Å². The Balaban J connectivity index is 0.000000130. The predicted octanol–water partition coefficient (Wildman–Crippen LogP) is 9.48. The fourth-order valence-corrected chi connectivity index (χ4v) is 10.6. The summed E-state index contributed by atoms with van der Waals surface area (Å²) < 4.78 is 17.6. The van der Waals surface area contributed by atoms with E-state index in [1.807, 2.05) is 24.8 Å². The average molecular weight is 747 g/mol. The first-order valence-corrected chi connectivity index (χ1v) is 21.6. The molecule has 2 saturated carbocycles. The smallest absolute Gasteiger partial charge is 0.123 e. The Morgan fingerprint density at radius 1 is 0.500 bits per heavy atom. The minimum absolute atomic E-state index is 0.0104. The van der Waals surface area contributed by atoms with Crippen molar-refractivity contribution < 1.29 is 9.47 Å². The van der Waals surface area contributed by atoms with Gasteiger partial charge in [-0.05, 0) is 125 Å². The monoisotopic (exact) mass is 746 g/mol. The number of para-hydroxylation sites is 4. The van der Waals surface area contributed by atoms with Crippen LogP contribution in [0.3, 0.4) is 0 Å². The highest BCUT2D eigenvalue weighted by atomic mass is 16.5. The van der Waals surface area contributed by atoms with Crippen LogP contribution in [0.4, 0.5) is 0 Å². The van der Waals surface area contributed by atoms with Gasteiger partial charge in [-0.2, -0.15) is 0 Å². The number of rotatable bonds is 4. The van der Waals surface area contributed by atoms with Crippen molar-refractivity contribution in [3.63, 3.8) is 0 Å². The molecule has 4 aliphatic heterocycles. The van der Waals surface area contributed by atoms with Crippen molar-refractivity contribution >= 4 is 22.1 Å². The Kier molecular flexibility index (Phi) is 8.69. The first-order chi connectivity index (χ1) is 27.6. The molecule has 2 atom stereocenters. The quantitative estimate of drug-likeness (QED) is 0.179. The number of likely N-dealkylation sites (tertiary alicyclic amines) is 2. The number of imidazole rings is 2. The highest BCUT2D eigenvalue weighted by Crippen LogP contribution is 2.44. The maximum atomic E-state index is 6.60. The van der Waals surface area contributed by atoms with E-state index < -0.39 is 0 Å². The number of hydrogen-bond donors (Lipinski definition) is 0. The largest absolute Gasteiger partial charge is 0.487 e. The van der Waals surface area contributed by atoms with E-state index in [0.717, 1.165) is 71.3 Å². The van der Waals surface area contributed by atoms with Gasteiger partial charge >= 0.3 is 0 Å². The summed E-state index contributed by atoms with van der Waals surface area (Å²) >= 11 is 0. The van der Waals surface area contributed by atoms with Gasteiger partial charge in [-0.15, -0.1) is 0 Å². The predicted molar refractivity (Wildman–Crippen MR) is 222 cm³/mol. The van der Waals surface area contributed by atoms with Crippen molar-refractivity contribution in [1.29, 1.82) is 0 Å². The van der Waals surface area contributed by atoms with Gasteiger partial charge in [0, 0.05) is 73.4 Å². The lowest BCUT2D eigenvalue weighted by Crippen LogP contribution is -2.42. The minimum Gasteiger partial charge on any atom is -0.487 e. The third-order valence-corrected chi connectivity index (χ3v) is 14.3. The summed E-state index contributed by atoms with van der Waals surface area (Å²) in [4.78, 5) is 14.6. The molecule has 2 aromatic heterocycles. The van der Waals surface area contributed by atoms with Crippen molar-refractivity contribution in [3.8, 4) is 22.9 Å². The fourth-order valence-electron chi connectivity index (χ4n) is 10.6. The summed E-state index contributed by atoms with van der Waals surface area (Å²) in [7, 11) is 0. The summed E-state index contributed by atoms with van der Waals surface area (Å²) in [6.45, 7) is 4.88. The van der Waals surface area contributed by atoms with E-state index in [4.69, 9.17) is 9.47 Å². The van der Waals surface area contributed by atoms with Crippen molar-refractivity contribution in [1.82, 2.24) is 28.9 Å². The first kappa shape index (κ1) is 34.6. The Bertz CT molecular complexity index is 2210. The van der Waals surface area contributed by atoms with Crippen molar-refractivity contribution in [2.75, 3.05) is 26.2 Å². The third kappa shape index (κ3) is 6.29. The molecule has 6 aliphatic rings. The van der Waals surface area contributed by atoms with Crippen LogP contribution in [0.1, 0.15) is 88.2 Å². The standard InChI is InChI=1S/2C24H27N3O/c2*1-2-8-22-21(7-1)25-17-27(22)20-9-10-23-18(15-20)16-24(28-23)11-4-13-26(14-12-24)19-5-3-6-19/h2*1-2,7-10,15,17,19H,3-6,11-14,16H2/t2*24-/m10/s1. The van der Waals surface area contributed by atoms with Gasteiger partial charge in [0.25, 0.3) is 0 Å². The maximum absolute atomic E-state index is 6.60. The number of benzene rings is 4. The van der Waals surface area contributed by atoms with Crippen molar-refractivity contribution in [3.05, 3.63) is 109 Å². The van der Waals surface area contributed by atoms with Gasteiger partial charge in [-0.3, -0.25) is 9.13 Å². The molecule has 0 bridgehead atoms. The molecule has 2 spiro atoms. The molecule has 12 rings (SSSR count). The highest BCUT2D eigenvalue weighted by Gasteiger charge is 2.43. The van der Waals surface area contributed by atoms with Crippen LogP contribution < -0.4 is 9.47 Å². The zero-order chi connectivity index (χ0) is 37.1. The number of nitrogens with zero attached hydrogens (tertiary/aromatic N) is 6. The summed E-state index contributed by atoms with van der Waals surface area (Å²) in [5, 5.41) is 0. The lowest BCUT2D eigenvalue weighted by Gasteiger charge is -2.37. The molecule has 4 aromatic carbocycles. The number of hydrogen-bond acceptors (Lipinski definition) is 6. The average Bonchev–Trinajstić information content (AvgIpc) is 3.91. The molecule has 2 saturated heterocycles. The van der Waals surface area contributed by atoms with Crippen molar-refractivity contribution in [2.24, 2.45) is 0 Å². The summed E-state index contributed by atoms with van der Waals surface area (Å²) in [6.07, 6.45) is 21.5.